The molecule has 1 aromatic heterocycles. The van der Waals surface area contributed by atoms with Crippen molar-refractivity contribution in [2.24, 2.45) is 0 Å². The van der Waals surface area contributed by atoms with Crippen LogP contribution in [0, 0.1) is 0 Å². The maximum atomic E-state index is 13.0. The number of aliphatic carboxylic acids is 1. The number of anilines is 1. The van der Waals surface area contributed by atoms with Gasteiger partial charge >= 0.3 is 5.97 Å². The van der Waals surface area contributed by atoms with Gasteiger partial charge in [0.25, 0.3) is 0 Å². The van der Waals surface area contributed by atoms with E-state index in [9.17, 15) is 22.8 Å². The lowest BCUT2D eigenvalue weighted by atomic mass is 10.2. The number of nitrogens with zero attached hydrogens (tertiary/aromatic N) is 2. The van der Waals surface area contributed by atoms with E-state index in [1.165, 1.54) is 25.1 Å². The Labute approximate surface area is 202 Å². The third-order valence-corrected chi connectivity index (χ3v) is 6.86. The molecule has 3 aromatic rings. The summed E-state index contributed by atoms with van der Waals surface area (Å²) in [6.45, 7) is 4.95. The Bertz CT molecular complexity index is 1350. The molecule has 3 rings (SSSR count). The second kappa shape index (κ2) is 10.7. The van der Waals surface area contributed by atoms with Crippen molar-refractivity contribution in [2.75, 3.05) is 5.32 Å². The Morgan fingerprint density at radius 3 is 2.57 bits per heavy atom. The Morgan fingerprint density at radius 2 is 1.91 bits per heavy atom. The molecule has 0 aliphatic rings. The van der Waals surface area contributed by atoms with E-state index in [4.69, 9.17) is 9.84 Å². The van der Waals surface area contributed by atoms with Crippen LogP contribution in [0.15, 0.2) is 53.7 Å². The average Bonchev–Trinajstić information content (AvgIpc) is 3.21. The van der Waals surface area contributed by atoms with Gasteiger partial charge < -0.3 is 24.5 Å². The van der Waals surface area contributed by atoms with Crippen molar-refractivity contribution < 1.29 is 32.6 Å². The summed E-state index contributed by atoms with van der Waals surface area (Å²) in [7, 11) is -4.35. The van der Waals surface area contributed by atoms with Crippen LogP contribution in [-0.4, -0.2) is 53.4 Å². The van der Waals surface area contributed by atoms with E-state index in [0.29, 0.717) is 5.69 Å². The summed E-state index contributed by atoms with van der Waals surface area (Å²) in [6.07, 6.45) is 0.606. The van der Waals surface area contributed by atoms with Crippen LogP contribution in [0.4, 0.5) is 5.69 Å². The number of carbonyl (C=O) groups is 3. The molecule has 0 aliphatic heterocycles. The van der Waals surface area contributed by atoms with Crippen LogP contribution < -0.4 is 14.8 Å². The van der Waals surface area contributed by atoms with Gasteiger partial charge in [0.2, 0.25) is 15.9 Å². The minimum atomic E-state index is -4.35. The predicted octanol–water partition coefficient (Wildman–Crippen LogP) is 2.34. The minimum Gasteiger partial charge on any atom is -0.487 e. The molecule has 0 bridgehead atoms. The first kappa shape index (κ1) is 25.8. The molecule has 0 fully saturated rings. The van der Waals surface area contributed by atoms with Gasteiger partial charge in [-0.1, -0.05) is 12.1 Å². The molecule has 186 valence electrons. The first-order valence-corrected chi connectivity index (χ1v) is 12.2. The number of para-hydroxylation sites is 2. The zero-order valence-electron chi connectivity index (χ0n) is 19.3. The Hall–Kier alpha value is -3.77. The fraction of sp³-hybridized carbons (Fsp3) is 0.304. The van der Waals surface area contributed by atoms with Crippen LogP contribution in [0.1, 0.15) is 33.2 Å². The van der Waals surface area contributed by atoms with E-state index >= 15 is 0 Å². The molecule has 0 unspecified atom stereocenters. The number of fused-ring (bicyclic) bond motifs is 1. The smallest absolute Gasteiger partial charge is 0.305 e. The van der Waals surface area contributed by atoms with E-state index in [1.807, 2.05) is 35.8 Å². The van der Waals surface area contributed by atoms with Crippen LogP contribution >= 0.6 is 0 Å². The summed E-state index contributed by atoms with van der Waals surface area (Å²) in [4.78, 5) is 37.8. The summed E-state index contributed by atoms with van der Waals surface area (Å²) in [5.41, 5.74) is 1.97. The van der Waals surface area contributed by atoms with Crippen molar-refractivity contribution in [3.63, 3.8) is 0 Å². The summed E-state index contributed by atoms with van der Waals surface area (Å²) < 4.78 is 36.1. The molecule has 1 heterocycles. The van der Waals surface area contributed by atoms with Crippen molar-refractivity contribution in [1.82, 2.24) is 14.3 Å². The van der Waals surface area contributed by atoms with Crippen LogP contribution in [0.5, 0.6) is 5.75 Å². The number of carboxylic acids is 1. The topological polar surface area (TPSA) is 157 Å². The number of carbonyl (C=O) groups excluding carboxylic acids is 2. The SMILES string of the molecule is CC(=O)Nc1ccc(S(=O)(=O)N[C@H](C=O)CC(=O)O)c(O[C@H](C)[C@H](C)n2cnc3ccccc32)c1. The molecule has 11 nitrogen and oxygen atoms in total. The first-order valence-electron chi connectivity index (χ1n) is 10.7. The fourth-order valence-corrected chi connectivity index (χ4v) is 4.78. The van der Waals surface area contributed by atoms with Gasteiger partial charge in [-0.25, -0.2) is 18.1 Å². The third-order valence-electron chi connectivity index (χ3n) is 5.33. The minimum absolute atomic E-state index is 0.0764. The highest BCUT2D eigenvalue weighted by molar-refractivity contribution is 7.89. The molecular weight excluding hydrogens is 476 g/mol. The van der Waals surface area contributed by atoms with Gasteiger partial charge in [-0.3, -0.25) is 9.59 Å². The largest absolute Gasteiger partial charge is 0.487 e. The van der Waals surface area contributed by atoms with E-state index in [1.54, 1.807) is 13.3 Å². The highest BCUT2D eigenvalue weighted by Gasteiger charge is 2.27. The van der Waals surface area contributed by atoms with Crippen LogP contribution in [0.2, 0.25) is 0 Å². The zero-order valence-corrected chi connectivity index (χ0v) is 20.2. The number of rotatable bonds is 11. The van der Waals surface area contributed by atoms with Crippen LogP contribution in [0.3, 0.4) is 0 Å². The second-order valence-corrected chi connectivity index (χ2v) is 9.69. The number of imidazole rings is 1. The summed E-state index contributed by atoms with van der Waals surface area (Å²) in [6, 6.07) is 9.74. The van der Waals surface area contributed by atoms with Crippen molar-refractivity contribution in [3.05, 3.63) is 48.8 Å². The molecule has 1 amide bonds. The van der Waals surface area contributed by atoms with Gasteiger partial charge in [0.1, 0.15) is 23.0 Å². The molecule has 2 aromatic carbocycles. The highest BCUT2D eigenvalue weighted by atomic mass is 32.2. The van der Waals surface area contributed by atoms with Gasteiger partial charge in [-0.2, -0.15) is 0 Å². The Morgan fingerprint density at radius 1 is 1.20 bits per heavy atom. The summed E-state index contributed by atoms with van der Waals surface area (Å²) in [5.74, 6) is -1.77. The van der Waals surface area contributed by atoms with E-state index in [-0.39, 0.29) is 28.9 Å². The molecular formula is C23H26N4O7S. The number of aldehydes is 1. The standard InChI is InChI=1S/C23H26N4O7S/c1-14(27-13-24-19-6-4-5-7-20(19)27)15(2)34-21-10-17(25-16(3)29)8-9-22(21)35(32,33)26-18(12-28)11-23(30)31/h4-10,12-15,18,26H,11H2,1-3H3,(H,25,29)(H,30,31)/t14-,15+,18-/m0/s1. The summed E-state index contributed by atoms with van der Waals surface area (Å²) >= 11 is 0. The Kier molecular flexibility index (Phi) is 7.87. The molecule has 0 radical (unpaired) electrons. The van der Waals surface area contributed by atoms with E-state index in [0.717, 1.165) is 11.0 Å². The predicted molar refractivity (Wildman–Crippen MR) is 128 cm³/mol. The van der Waals surface area contributed by atoms with Gasteiger partial charge in [0.05, 0.1) is 35.9 Å². The maximum absolute atomic E-state index is 13.0. The number of benzene rings is 2. The van der Waals surface area contributed by atoms with Crippen molar-refractivity contribution >= 4 is 44.9 Å². The lowest BCUT2D eigenvalue weighted by molar-refractivity contribution is -0.138. The van der Waals surface area contributed by atoms with Gasteiger partial charge in [-0.15, -0.1) is 0 Å². The number of nitrogens with one attached hydrogen (secondary N) is 2. The summed E-state index contributed by atoms with van der Waals surface area (Å²) in [5, 5.41) is 11.5. The molecule has 12 heteroatoms. The number of ether oxygens (including phenoxy) is 1. The number of hydrogen-bond acceptors (Lipinski definition) is 7. The first-order chi connectivity index (χ1) is 16.5. The molecule has 3 N–H and O–H groups in total. The van der Waals surface area contributed by atoms with Crippen molar-refractivity contribution in [2.45, 2.75) is 50.3 Å². The number of hydrogen-bond donors (Lipinski definition) is 3. The maximum Gasteiger partial charge on any atom is 0.305 e. The van der Waals surface area contributed by atoms with E-state index in [2.05, 4.69) is 15.0 Å². The molecule has 0 aliphatic carbocycles. The average molecular weight is 503 g/mol. The quantitative estimate of drug-likeness (QED) is 0.337. The molecule has 0 saturated heterocycles. The van der Waals surface area contributed by atoms with Crippen molar-refractivity contribution in [3.8, 4) is 5.75 Å². The molecule has 0 spiro atoms. The van der Waals surface area contributed by atoms with Gasteiger partial charge in [-0.05, 0) is 38.1 Å². The highest BCUT2D eigenvalue weighted by Crippen LogP contribution is 2.31. The second-order valence-electron chi connectivity index (χ2n) is 8.01. The van der Waals surface area contributed by atoms with Gasteiger partial charge in [0.15, 0.2) is 0 Å². The van der Waals surface area contributed by atoms with E-state index < -0.39 is 34.6 Å². The lowest BCUT2D eigenvalue weighted by Gasteiger charge is -2.25. The Balaban J connectivity index is 1.95. The number of sulfonamides is 1. The fourth-order valence-electron chi connectivity index (χ4n) is 3.50. The zero-order chi connectivity index (χ0) is 25.8. The third kappa shape index (κ3) is 6.22. The van der Waals surface area contributed by atoms with Crippen molar-refractivity contribution in [1.29, 1.82) is 0 Å². The molecule has 3 atom stereocenters. The molecule has 0 saturated carbocycles. The molecule has 35 heavy (non-hydrogen) atoms. The number of aromatic nitrogens is 2. The lowest BCUT2D eigenvalue weighted by Crippen LogP contribution is -2.38. The number of amides is 1. The van der Waals surface area contributed by atoms with Crippen LogP contribution in [0.25, 0.3) is 11.0 Å². The van der Waals surface area contributed by atoms with Crippen LogP contribution in [-0.2, 0) is 24.4 Å². The monoisotopic (exact) mass is 502 g/mol. The number of carboxylic acid groups (broad SMARTS) is 1. The normalized spacial score (nSPS) is 14.1. The van der Waals surface area contributed by atoms with Gasteiger partial charge in [0, 0.05) is 18.7 Å².